The number of aliphatic hydroxyl groups excluding tert-OH is 1. The molecular formula is C21H17N9O4S. The average Bonchev–Trinajstić information content (AvgIpc) is 3.51. The molecule has 2 atom stereocenters. The minimum atomic E-state index is -1.50. The van der Waals surface area contributed by atoms with Crippen LogP contribution in [0.5, 0.6) is 0 Å². The van der Waals surface area contributed by atoms with Crippen molar-refractivity contribution in [3.8, 4) is 5.69 Å². The van der Waals surface area contributed by atoms with E-state index >= 15 is 0 Å². The summed E-state index contributed by atoms with van der Waals surface area (Å²) in [4.78, 5) is 34.5. The molecule has 14 heteroatoms. The molecular weight excluding hydrogens is 474 g/mol. The van der Waals surface area contributed by atoms with Gasteiger partial charge in [0.05, 0.1) is 46.8 Å². The number of carbonyl (C=O) groups is 1. The first-order valence-electron chi connectivity index (χ1n) is 10.5. The van der Waals surface area contributed by atoms with Crippen molar-refractivity contribution in [2.24, 2.45) is 0 Å². The molecule has 4 N–H and O–H groups in total. The number of nitrogens with zero attached hydrogens (tertiary/aromatic N) is 7. The topological polar surface area (TPSA) is 178 Å². The maximum atomic E-state index is 13.2. The molecule has 0 unspecified atom stereocenters. The van der Waals surface area contributed by atoms with Gasteiger partial charge in [0.25, 0.3) is 11.5 Å². The van der Waals surface area contributed by atoms with Crippen LogP contribution in [0.1, 0.15) is 11.9 Å². The highest BCUT2D eigenvalue weighted by Gasteiger charge is 2.38. The van der Waals surface area contributed by atoms with Gasteiger partial charge in [-0.05, 0) is 29.7 Å². The first kappa shape index (κ1) is 21.3. The zero-order valence-corrected chi connectivity index (χ0v) is 18.7. The molecule has 0 spiro atoms. The predicted octanol–water partition coefficient (Wildman–Crippen LogP) is 0.556. The monoisotopic (exact) mass is 491 g/mol. The minimum Gasteiger partial charge on any atom is -0.382 e. The van der Waals surface area contributed by atoms with Crippen LogP contribution in [0.25, 0.3) is 26.7 Å². The number of fused-ring (bicyclic) bond motifs is 3. The predicted molar refractivity (Wildman–Crippen MR) is 126 cm³/mol. The second-order valence-electron chi connectivity index (χ2n) is 7.81. The quantitative estimate of drug-likeness (QED) is 0.322. The smallest absolute Gasteiger partial charge is 0.282 e. The largest absolute Gasteiger partial charge is 0.382 e. The zero-order valence-electron chi connectivity index (χ0n) is 17.9. The fourth-order valence-electron chi connectivity index (χ4n) is 4.04. The summed E-state index contributed by atoms with van der Waals surface area (Å²) in [6.45, 7) is 0.413. The molecule has 0 aliphatic carbocycles. The van der Waals surface area contributed by atoms with Crippen molar-refractivity contribution in [2.75, 3.05) is 23.8 Å². The van der Waals surface area contributed by atoms with E-state index in [4.69, 9.17) is 10.5 Å². The number of anilines is 2. The lowest BCUT2D eigenvalue weighted by Crippen LogP contribution is -2.50. The van der Waals surface area contributed by atoms with E-state index in [-0.39, 0.29) is 19.0 Å². The van der Waals surface area contributed by atoms with Crippen molar-refractivity contribution < 1.29 is 14.6 Å². The molecule has 13 nitrogen and oxygen atoms in total. The van der Waals surface area contributed by atoms with E-state index < -0.39 is 23.7 Å². The summed E-state index contributed by atoms with van der Waals surface area (Å²) >= 11 is 1.10. The SMILES string of the molecule is Nc1nsc2c1ccc1[nH]c([C@H](O)[C@H]3OCCN(c4ccn(-c5ccnnc5)n4)C3=O)nc(=O)c12. The number of aromatic nitrogens is 7. The van der Waals surface area contributed by atoms with Crippen molar-refractivity contribution in [2.45, 2.75) is 12.2 Å². The Bertz CT molecular complexity index is 1630. The van der Waals surface area contributed by atoms with Gasteiger partial charge in [-0.25, -0.2) is 4.68 Å². The van der Waals surface area contributed by atoms with Gasteiger partial charge in [-0.15, -0.1) is 5.10 Å². The highest BCUT2D eigenvalue weighted by Crippen LogP contribution is 2.30. The molecule has 1 aliphatic rings. The summed E-state index contributed by atoms with van der Waals surface area (Å²) in [5, 5.41) is 24.0. The van der Waals surface area contributed by atoms with E-state index in [1.807, 2.05) is 0 Å². The summed E-state index contributed by atoms with van der Waals surface area (Å²) in [6, 6.07) is 6.81. The van der Waals surface area contributed by atoms with Crippen LogP contribution in [-0.4, -0.2) is 64.6 Å². The van der Waals surface area contributed by atoms with Gasteiger partial charge in [0.15, 0.2) is 11.9 Å². The molecule has 5 heterocycles. The lowest BCUT2D eigenvalue weighted by molar-refractivity contribution is -0.143. The van der Waals surface area contributed by atoms with E-state index in [2.05, 4.69) is 29.6 Å². The van der Waals surface area contributed by atoms with Gasteiger partial charge in [-0.1, -0.05) is 0 Å². The Labute approximate surface area is 200 Å². The van der Waals surface area contributed by atoms with Gasteiger partial charge >= 0.3 is 0 Å². The van der Waals surface area contributed by atoms with E-state index in [0.717, 1.165) is 11.5 Å². The van der Waals surface area contributed by atoms with Gasteiger partial charge in [0, 0.05) is 17.6 Å². The van der Waals surface area contributed by atoms with Crippen molar-refractivity contribution in [3.63, 3.8) is 0 Å². The Morgan fingerprint density at radius 2 is 2.11 bits per heavy atom. The number of ether oxygens (including phenoxy) is 1. The number of aromatic amines is 1. The van der Waals surface area contributed by atoms with Gasteiger partial charge in [0.2, 0.25) is 0 Å². The molecule has 1 fully saturated rings. The summed E-state index contributed by atoms with van der Waals surface area (Å²) in [6.07, 6.45) is 1.99. The third-order valence-electron chi connectivity index (χ3n) is 5.74. The molecule has 6 rings (SSSR count). The van der Waals surface area contributed by atoms with Gasteiger partial charge in [-0.2, -0.15) is 19.6 Å². The van der Waals surface area contributed by atoms with E-state index in [1.165, 1.54) is 11.1 Å². The fraction of sp³-hybridized carbons (Fsp3) is 0.190. The van der Waals surface area contributed by atoms with Crippen molar-refractivity contribution in [1.29, 1.82) is 0 Å². The molecule has 1 aromatic carbocycles. The van der Waals surface area contributed by atoms with Crippen molar-refractivity contribution in [1.82, 2.24) is 34.3 Å². The summed E-state index contributed by atoms with van der Waals surface area (Å²) in [5.74, 6) is 0.139. The molecule has 0 radical (unpaired) electrons. The van der Waals surface area contributed by atoms with Crippen LogP contribution in [0, 0.1) is 0 Å². The van der Waals surface area contributed by atoms with E-state index in [1.54, 1.807) is 41.3 Å². The van der Waals surface area contributed by atoms with Crippen LogP contribution in [0.15, 0.2) is 47.7 Å². The van der Waals surface area contributed by atoms with E-state index in [0.29, 0.717) is 38.3 Å². The number of morpholine rings is 1. The highest BCUT2D eigenvalue weighted by molar-refractivity contribution is 7.14. The standard InChI is InChI=1S/C21H17N9O4S/c22-18-11-1-2-12-14(17(11)35-28-18)20(32)26-19(25-12)15(31)16-21(33)29(7-8-34-16)13-4-6-30(27-13)10-3-5-23-24-9-10/h1-6,9,15-16,31H,7-8H2,(H2,22,28)(H,25,26,32)/t15-,16-/m1/s1. The molecule has 0 saturated carbocycles. The normalized spacial score (nSPS) is 17.3. The number of H-pyrrole nitrogens is 1. The molecule has 1 aliphatic heterocycles. The van der Waals surface area contributed by atoms with E-state index in [9.17, 15) is 14.7 Å². The number of nitrogens with two attached hydrogens (primary N) is 1. The van der Waals surface area contributed by atoms with Crippen LogP contribution in [0.2, 0.25) is 0 Å². The molecule has 176 valence electrons. The fourth-order valence-corrected chi connectivity index (χ4v) is 4.88. The zero-order chi connectivity index (χ0) is 24.1. The summed E-state index contributed by atoms with van der Waals surface area (Å²) < 4.78 is 11.9. The lowest BCUT2D eigenvalue weighted by Gasteiger charge is -2.32. The second-order valence-corrected chi connectivity index (χ2v) is 8.58. The van der Waals surface area contributed by atoms with Crippen LogP contribution >= 0.6 is 11.5 Å². The number of nitrogens with one attached hydrogen (secondary N) is 1. The number of amides is 1. The number of rotatable bonds is 4. The van der Waals surface area contributed by atoms with Crippen LogP contribution < -0.4 is 16.2 Å². The highest BCUT2D eigenvalue weighted by atomic mass is 32.1. The molecule has 4 aromatic heterocycles. The molecule has 0 bridgehead atoms. The molecule has 35 heavy (non-hydrogen) atoms. The van der Waals surface area contributed by atoms with Gasteiger partial charge in [-0.3, -0.25) is 14.5 Å². The Hall–Kier alpha value is -4.27. The number of hydrogen-bond donors (Lipinski definition) is 3. The first-order valence-corrected chi connectivity index (χ1v) is 11.3. The minimum absolute atomic E-state index is 0.0760. The maximum Gasteiger partial charge on any atom is 0.282 e. The number of hydrogen-bond acceptors (Lipinski definition) is 11. The third kappa shape index (κ3) is 3.51. The average molecular weight is 491 g/mol. The maximum absolute atomic E-state index is 13.2. The number of aliphatic hydroxyl groups is 1. The molecule has 1 saturated heterocycles. The van der Waals surface area contributed by atoms with Gasteiger partial charge < -0.3 is 20.6 Å². The molecule has 1 amide bonds. The van der Waals surface area contributed by atoms with Crippen LogP contribution in [0.3, 0.4) is 0 Å². The van der Waals surface area contributed by atoms with Crippen LogP contribution in [-0.2, 0) is 9.53 Å². The van der Waals surface area contributed by atoms with Crippen molar-refractivity contribution >= 4 is 50.1 Å². The second kappa shape index (κ2) is 8.19. The summed E-state index contributed by atoms with van der Waals surface area (Å²) in [5.41, 5.74) is 6.42. The first-order chi connectivity index (χ1) is 17.0. The van der Waals surface area contributed by atoms with Gasteiger partial charge in [0.1, 0.15) is 17.7 Å². The number of carbonyl (C=O) groups excluding carboxylic acids is 1. The molecule has 5 aromatic rings. The number of nitrogen functional groups attached to an aromatic ring is 1. The van der Waals surface area contributed by atoms with Crippen LogP contribution in [0.4, 0.5) is 11.6 Å². The lowest BCUT2D eigenvalue weighted by atomic mass is 10.1. The Morgan fingerprint density at radius 3 is 2.94 bits per heavy atom. The summed E-state index contributed by atoms with van der Waals surface area (Å²) in [7, 11) is 0. The van der Waals surface area contributed by atoms with Crippen molar-refractivity contribution in [3.05, 3.63) is 59.0 Å². The number of benzene rings is 1. The Kier molecular flexibility index (Phi) is 4.98. The third-order valence-corrected chi connectivity index (χ3v) is 6.64. The Balaban J connectivity index is 1.31. The Morgan fingerprint density at radius 1 is 1.23 bits per heavy atom.